The van der Waals surface area contributed by atoms with Crippen LogP contribution in [0.25, 0.3) is 0 Å². The van der Waals surface area contributed by atoms with Crippen LogP contribution in [0.1, 0.15) is 41.0 Å². The highest BCUT2D eigenvalue weighted by Gasteiger charge is 2.27. The highest BCUT2D eigenvalue weighted by Crippen LogP contribution is 2.32. The van der Waals surface area contributed by atoms with Gasteiger partial charge in [0.1, 0.15) is 5.69 Å². The number of hydrogen-bond acceptors (Lipinski definition) is 12. The molecular weight excluding hydrogens is 664 g/mol. The third kappa shape index (κ3) is 11.1. The topological polar surface area (TPSA) is 171 Å². The molecule has 0 atom stereocenters. The number of aromatic nitrogens is 2. The number of nitrogens with one attached hydrogen (secondary N) is 3. The number of hydrogen-bond donors (Lipinski definition) is 4. The molecule has 0 radical (unpaired) electrons. The largest absolute Gasteiger partial charge is 0.399 e. The lowest BCUT2D eigenvalue weighted by Gasteiger charge is -2.27. The van der Waals surface area contributed by atoms with Crippen molar-refractivity contribution in [3.05, 3.63) is 65.9 Å². The molecule has 0 aliphatic carbocycles. The molecule has 0 unspecified atom stereocenters. The maximum absolute atomic E-state index is 12.5. The standard InChI is InChI=1S/C24H33N7O3.C13H19N3O2/c1-17(2)31-10-8-21(32)29(3)20-16-26-24(28-22(20)31)27-19-6-4-18(5-7-19)23(33)25-9-11-30-12-14-34-15-13-30;14-12-3-1-11(2-4-12)13(17)15-5-6-16-7-9-18-10-8-16/h4-7,16-17H,8-15H2,1-3H3,(H,25,33)(H,26,27,28);1-4H,5-10,14H2,(H,15,17). The number of anilines is 5. The third-order valence-electron chi connectivity index (χ3n) is 9.16. The zero-order valence-corrected chi connectivity index (χ0v) is 30.5. The van der Waals surface area contributed by atoms with E-state index in [0.29, 0.717) is 54.5 Å². The number of ether oxygens (including phenoxy) is 2. The molecule has 1 aromatic heterocycles. The Morgan fingerprint density at radius 2 is 1.33 bits per heavy atom. The second-order valence-electron chi connectivity index (χ2n) is 13.1. The van der Waals surface area contributed by atoms with Crippen molar-refractivity contribution in [3.8, 4) is 0 Å². The van der Waals surface area contributed by atoms with Gasteiger partial charge in [0, 0.05) is 101 Å². The lowest BCUT2D eigenvalue weighted by atomic mass is 10.2. The van der Waals surface area contributed by atoms with Gasteiger partial charge in [0.15, 0.2) is 5.82 Å². The van der Waals surface area contributed by atoms with Crippen LogP contribution in [0.5, 0.6) is 0 Å². The van der Waals surface area contributed by atoms with Gasteiger partial charge in [0.2, 0.25) is 11.9 Å². The number of nitrogens with two attached hydrogens (primary N) is 1. The summed E-state index contributed by atoms with van der Waals surface area (Å²) in [5, 5.41) is 9.09. The summed E-state index contributed by atoms with van der Waals surface area (Å²) in [6.07, 6.45) is 2.11. The van der Waals surface area contributed by atoms with Gasteiger partial charge in [0.25, 0.3) is 11.8 Å². The predicted molar refractivity (Wildman–Crippen MR) is 202 cm³/mol. The van der Waals surface area contributed by atoms with Crippen LogP contribution in [0.3, 0.4) is 0 Å². The molecule has 15 heteroatoms. The number of nitrogens with zero attached hydrogens (tertiary/aromatic N) is 6. The van der Waals surface area contributed by atoms with E-state index in [9.17, 15) is 14.4 Å². The van der Waals surface area contributed by atoms with E-state index >= 15 is 0 Å². The fourth-order valence-electron chi connectivity index (χ4n) is 5.98. The fraction of sp³-hybridized carbons (Fsp3) is 0.486. The molecule has 52 heavy (non-hydrogen) atoms. The normalized spacial score (nSPS) is 16.7. The van der Waals surface area contributed by atoms with Crippen molar-refractivity contribution in [1.29, 1.82) is 0 Å². The van der Waals surface area contributed by atoms with Crippen molar-refractivity contribution >= 4 is 46.5 Å². The van der Waals surface area contributed by atoms with Gasteiger partial charge >= 0.3 is 0 Å². The summed E-state index contributed by atoms with van der Waals surface area (Å²) in [4.78, 5) is 54.0. The van der Waals surface area contributed by atoms with Crippen molar-refractivity contribution in [1.82, 2.24) is 30.4 Å². The SMILES string of the molecule is CC(C)N1CCC(=O)N(C)c2cnc(Nc3ccc(C(=O)NCCN4CCOCC4)cc3)nc21.Nc1ccc(C(=O)NCCN2CCOCC2)cc1. The predicted octanol–water partition coefficient (Wildman–Crippen LogP) is 2.19. The van der Waals surface area contributed by atoms with Gasteiger partial charge in [-0.3, -0.25) is 24.2 Å². The highest BCUT2D eigenvalue weighted by atomic mass is 16.5. The molecule has 3 aliphatic rings. The van der Waals surface area contributed by atoms with E-state index in [2.05, 4.69) is 49.5 Å². The minimum absolute atomic E-state index is 0.0486. The van der Waals surface area contributed by atoms with Gasteiger partial charge in [-0.25, -0.2) is 4.98 Å². The Labute approximate surface area is 305 Å². The molecule has 2 saturated heterocycles. The summed E-state index contributed by atoms with van der Waals surface area (Å²) in [6, 6.07) is 14.4. The maximum Gasteiger partial charge on any atom is 0.251 e. The zero-order chi connectivity index (χ0) is 36.9. The van der Waals surface area contributed by atoms with Crippen molar-refractivity contribution in [3.63, 3.8) is 0 Å². The van der Waals surface area contributed by atoms with Gasteiger partial charge in [0.05, 0.1) is 32.6 Å². The average Bonchev–Trinajstić information content (AvgIpc) is 3.28. The van der Waals surface area contributed by atoms with E-state index in [1.807, 2.05) is 12.1 Å². The Morgan fingerprint density at radius 1 is 0.808 bits per heavy atom. The molecule has 5 N–H and O–H groups in total. The first-order valence-electron chi connectivity index (χ1n) is 18.0. The lowest BCUT2D eigenvalue weighted by molar-refractivity contribution is -0.118. The third-order valence-corrected chi connectivity index (χ3v) is 9.16. The summed E-state index contributed by atoms with van der Waals surface area (Å²) in [5.41, 5.74) is 8.96. The summed E-state index contributed by atoms with van der Waals surface area (Å²) in [5.74, 6) is 1.07. The second-order valence-corrected chi connectivity index (χ2v) is 13.1. The molecule has 280 valence electrons. The molecule has 3 amide bonds. The number of rotatable bonds is 11. The Bertz CT molecular complexity index is 1610. The quantitative estimate of drug-likeness (QED) is 0.214. The number of nitrogen functional groups attached to an aromatic ring is 1. The van der Waals surface area contributed by atoms with E-state index < -0.39 is 0 Å². The average molecular weight is 717 g/mol. The minimum atomic E-state index is -0.0960. The second kappa shape index (κ2) is 19.1. The smallest absolute Gasteiger partial charge is 0.251 e. The fourth-order valence-corrected chi connectivity index (χ4v) is 5.98. The molecule has 3 aliphatic heterocycles. The van der Waals surface area contributed by atoms with Crippen LogP contribution in [0.2, 0.25) is 0 Å². The Balaban J connectivity index is 0.000000244. The lowest BCUT2D eigenvalue weighted by Crippen LogP contribution is -2.41. The number of benzene rings is 2. The molecule has 0 bridgehead atoms. The molecule has 4 heterocycles. The molecular formula is C37H52N10O5. The first-order chi connectivity index (χ1) is 25.2. The number of morpholine rings is 2. The Kier molecular flexibility index (Phi) is 14.1. The van der Waals surface area contributed by atoms with Crippen molar-refractivity contribution in [2.75, 3.05) is 113 Å². The van der Waals surface area contributed by atoms with Crippen LogP contribution in [0.15, 0.2) is 54.7 Å². The molecule has 2 aromatic carbocycles. The molecule has 0 spiro atoms. The van der Waals surface area contributed by atoms with E-state index in [1.165, 1.54) is 0 Å². The summed E-state index contributed by atoms with van der Waals surface area (Å²) in [7, 11) is 1.76. The van der Waals surface area contributed by atoms with Gasteiger partial charge < -0.3 is 41.0 Å². The molecule has 6 rings (SSSR count). The van der Waals surface area contributed by atoms with Crippen LogP contribution in [-0.2, 0) is 14.3 Å². The van der Waals surface area contributed by atoms with Gasteiger partial charge in [-0.05, 0) is 62.4 Å². The van der Waals surface area contributed by atoms with Crippen LogP contribution in [0.4, 0.5) is 28.8 Å². The molecule has 3 aromatic rings. The van der Waals surface area contributed by atoms with E-state index in [1.54, 1.807) is 54.5 Å². The first kappa shape index (κ1) is 38.4. The van der Waals surface area contributed by atoms with Crippen LogP contribution in [-0.4, -0.2) is 136 Å². The number of carbonyl (C=O) groups excluding carboxylic acids is 3. The Morgan fingerprint density at radius 3 is 1.85 bits per heavy atom. The van der Waals surface area contributed by atoms with E-state index in [-0.39, 0.29) is 23.8 Å². The summed E-state index contributed by atoms with van der Waals surface area (Å²) >= 11 is 0. The number of amides is 3. The van der Waals surface area contributed by atoms with Gasteiger partial charge in [-0.1, -0.05) is 0 Å². The molecule has 0 saturated carbocycles. The highest BCUT2D eigenvalue weighted by molar-refractivity contribution is 5.97. The summed E-state index contributed by atoms with van der Waals surface area (Å²) in [6.45, 7) is 14.5. The number of fused-ring (bicyclic) bond motifs is 1. The minimum Gasteiger partial charge on any atom is -0.399 e. The maximum atomic E-state index is 12.5. The zero-order valence-electron chi connectivity index (χ0n) is 30.5. The van der Waals surface area contributed by atoms with Crippen molar-refractivity contribution < 1.29 is 23.9 Å². The summed E-state index contributed by atoms with van der Waals surface area (Å²) < 4.78 is 10.6. The van der Waals surface area contributed by atoms with Gasteiger partial charge in [-0.15, -0.1) is 0 Å². The van der Waals surface area contributed by atoms with Crippen LogP contribution < -0.4 is 31.5 Å². The van der Waals surface area contributed by atoms with Crippen LogP contribution in [0, 0.1) is 0 Å². The number of carbonyl (C=O) groups is 3. The molecule has 15 nitrogen and oxygen atoms in total. The first-order valence-corrected chi connectivity index (χ1v) is 18.0. The van der Waals surface area contributed by atoms with E-state index in [4.69, 9.17) is 20.2 Å². The van der Waals surface area contributed by atoms with Crippen LogP contribution >= 0.6 is 0 Å². The van der Waals surface area contributed by atoms with E-state index in [0.717, 1.165) is 77.2 Å². The Hall–Kier alpha value is -4.83. The van der Waals surface area contributed by atoms with Crippen molar-refractivity contribution in [2.45, 2.75) is 26.3 Å². The molecule has 2 fully saturated rings. The monoisotopic (exact) mass is 716 g/mol. The van der Waals surface area contributed by atoms with Gasteiger partial charge in [-0.2, -0.15) is 4.98 Å². The van der Waals surface area contributed by atoms with Crippen molar-refractivity contribution in [2.24, 2.45) is 0 Å².